The van der Waals surface area contributed by atoms with E-state index in [1.807, 2.05) is 13.0 Å². The van der Waals surface area contributed by atoms with Gasteiger partial charge in [-0.25, -0.2) is 18.2 Å². The van der Waals surface area contributed by atoms with Crippen LogP contribution in [-0.4, -0.2) is 55.6 Å². The zero-order valence-corrected chi connectivity index (χ0v) is 29.5. The molecule has 0 saturated carbocycles. The van der Waals surface area contributed by atoms with Gasteiger partial charge in [-0.1, -0.05) is 24.3 Å². The average molecular weight is 738 g/mol. The van der Waals surface area contributed by atoms with Crippen LogP contribution >= 0.6 is 11.3 Å². The van der Waals surface area contributed by atoms with Crippen molar-refractivity contribution in [1.29, 1.82) is 0 Å². The molecule has 2 fully saturated rings. The Labute approximate surface area is 307 Å². The van der Waals surface area contributed by atoms with Crippen molar-refractivity contribution >= 4 is 51.3 Å². The number of halogens is 3. The highest BCUT2D eigenvalue weighted by Gasteiger charge is 2.45. The monoisotopic (exact) mass is 737 g/mol. The number of thiophene rings is 1. The van der Waals surface area contributed by atoms with Gasteiger partial charge >= 0.3 is 0 Å². The van der Waals surface area contributed by atoms with Gasteiger partial charge in [0, 0.05) is 71.7 Å². The van der Waals surface area contributed by atoms with Gasteiger partial charge in [0.1, 0.15) is 28.0 Å². The molecule has 0 aliphatic carbocycles. The predicted octanol–water partition coefficient (Wildman–Crippen LogP) is 7.86. The fraction of sp³-hybridized carbons (Fsp3) is 0.250. The van der Waals surface area contributed by atoms with E-state index >= 15 is 4.39 Å². The molecule has 9 nitrogen and oxygen atoms in total. The molecule has 5 aromatic rings. The number of hydrogen-bond acceptors (Lipinski definition) is 7. The Hall–Kier alpha value is -5.53. The van der Waals surface area contributed by atoms with Crippen LogP contribution in [0.25, 0.3) is 10.4 Å². The number of para-hydroxylation sites is 1. The molecule has 3 aliphatic rings. The minimum atomic E-state index is -1.10. The third kappa shape index (κ3) is 6.44. The van der Waals surface area contributed by atoms with Crippen LogP contribution in [-0.2, 0) is 11.2 Å². The number of aryl methyl sites for hydroxylation is 1. The molecule has 270 valence electrons. The van der Waals surface area contributed by atoms with E-state index < -0.39 is 28.9 Å². The lowest BCUT2D eigenvalue weighted by atomic mass is 9.73. The number of aromatic nitrogens is 1. The van der Waals surface area contributed by atoms with Crippen molar-refractivity contribution in [2.75, 3.05) is 53.3 Å². The summed E-state index contributed by atoms with van der Waals surface area (Å²) in [5, 5.41) is 5.13. The Kier molecular flexibility index (Phi) is 8.99. The van der Waals surface area contributed by atoms with Crippen molar-refractivity contribution in [3.63, 3.8) is 0 Å². The molecule has 3 aliphatic heterocycles. The summed E-state index contributed by atoms with van der Waals surface area (Å²) >= 11 is 0.940. The minimum Gasteiger partial charge on any atom is -0.381 e. The number of nitrogens with zero attached hydrogens (tertiary/aromatic N) is 3. The minimum absolute atomic E-state index is 0.120. The number of carbonyl (C=O) groups excluding carboxylic acids is 3. The van der Waals surface area contributed by atoms with Gasteiger partial charge in [0.05, 0.1) is 11.3 Å². The number of pyridine rings is 1. The maximum Gasteiger partial charge on any atom is 0.262 e. The molecule has 0 atom stereocenters. The summed E-state index contributed by atoms with van der Waals surface area (Å²) in [4.78, 5) is 49.2. The van der Waals surface area contributed by atoms with E-state index in [1.54, 1.807) is 59.6 Å². The second-order valence-electron chi connectivity index (χ2n) is 13.7. The topological polar surface area (TPSA) is 104 Å². The van der Waals surface area contributed by atoms with Crippen LogP contribution in [0.2, 0.25) is 0 Å². The Morgan fingerprint density at radius 1 is 0.887 bits per heavy atom. The Balaban J connectivity index is 0.988. The van der Waals surface area contributed by atoms with Gasteiger partial charge in [0.15, 0.2) is 5.82 Å². The fourth-order valence-electron chi connectivity index (χ4n) is 7.37. The summed E-state index contributed by atoms with van der Waals surface area (Å²) in [6.07, 6.45) is 3.89. The molecule has 1 spiro atoms. The van der Waals surface area contributed by atoms with E-state index in [0.29, 0.717) is 38.8 Å². The molecular weight excluding hydrogens is 704 g/mol. The van der Waals surface area contributed by atoms with Crippen LogP contribution in [0.3, 0.4) is 0 Å². The van der Waals surface area contributed by atoms with Gasteiger partial charge < -0.3 is 25.2 Å². The van der Waals surface area contributed by atoms with Gasteiger partial charge in [-0.15, -0.1) is 11.3 Å². The lowest BCUT2D eigenvalue weighted by molar-refractivity contribution is -0.000511. The summed E-state index contributed by atoms with van der Waals surface area (Å²) in [7, 11) is 0. The smallest absolute Gasteiger partial charge is 0.262 e. The first-order valence-corrected chi connectivity index (χ1v) is 18.1. The van der Waals surface area contributed by atoms with Crippen molar-refractivity contribution in [1.82, 2.24) is 4.98 Å². The molecule has 3 amide bonds. The highest BCUT2D eigenvalue weighted by atomic mass is 32.1. The summed E-state index contributed by atoms with van der Waals surface area (Å²) in [6.45, 7) is 5.19. The van der Waals surface area contributed by atoms with Gasteiger partial charge in [-0.2, -0.15) is 0 Å². The third-order valence-electron chi connectivity index (χ3n) is 10.2. The highest BCUT2D eigenvalue weighted by Crippen LogP contribution is 2.46. The Bertz CT molecular complexity index is 2240. The lowest BCUT2D eigenvalue weighted by Gasteiger charge is -2.53. The van der Waals surface area contributed by atoms with E-state index in [9.17, 15) is 23.2 Å². The molecule has 2 N–H and O–H groups in total. The van der Waals surface area contributed by atoms with Gasteiger partial charge in [0.25, 0.3) is 17.7 Å². The van der Waals surface area contributed by atoms with Crippen LogP contribution in [0.5, 0.6) is 0 Å². The molecule has 0 unspecified atom stereocenters. The molecule has 3 aromatic carbocycles. The van der Waals surface area contributed by atoms with Crippen LogP contribution in [0.4, 0.5) is 35.4 Å². The number of hydrogen-bond donors (Lipinski definition) is 2. The first kappa shape index (κ1) is 34.6. The summed E-state index contributed by atoms with van der Waals surface area (Å²) in [5.41, 5.74) is 3.03. The molecule has 0 bridgehead atoms. The maximum absolute atomic E-state index is 15.8. The molecular formula is C40H34F3N5O4S. The quantitative estimate of drug-likeness (QED) is 0.184. The van der Waals surface area contributed by atoms with Crippen LogP contribution in [0.1, 0.15) is 55.0 Å². The zero-order valence-electron chi connectivity index (χ0n) is 28.7. The average Bonchev–Trinajstić information content (AvgIpc) is 3.34. The second kappa shape index (κ2) is 13.8. The summed E-state index contributed by atoms with van der Waals surface area (Å²) in [5.74, 6) is -3.90. The third-order valence-corrected chi connectivity index (χ3v) is 11.3. The first-order valence-electron chi connectivity index (χ1n) is 17.3. The van der Waals surface area contributed by atoms with Gasteiger partial charge in [0.2, 0.25) is 0 Å². The normalized spacial score (nSPS) is 15.9. The molecule has 8 rings (SSSR count). The van der Waals surface area contributed by atoms with Crippen molar-refractivity contribution < 1.29 is 32.3 Å². The Morgan fingerprint density at radius 2 is 1.60 bits per heavy atom. The lowest BCUT2D eigenvalue weighted by Crippen LogP contribution is -2.59. The van der Waals surface area contributed by atoms with Gasteiger partial charge in [-0.05, 0) is 80.3 Å². The summed E-state index contributed by atoms with van der Waals surface area (Å²) < 4.78 is 49.9. The van der Waals surface area contributed by atoms with Crippen molar-refractivity contribution in [3.05, 3.63) is 124 Å². The maximum atomic E-state index is 15.8. The number of carbonyl (C=O) groups is 3. The van der Waals surface area contributed by atoms with Crippen LogP contribution in [0, 0.1) is 29.8 Å². The van der Waals surface area contributed by atoms with E-state index in [2.05, 4.69) is 20.5 Å². The first-order chi connectivity index (χ1) is 25.6. The van der Waals surface area contributed by atoms with Crippen LogP contribution in [0.15, 0.2) is 79.0 Å². The number of nitrogens with one attached hydrogen (secondary N) is 2. The SMILES string of the molecule is Cc1cnc(N2CC3(CCOCC3)C2)c(C(=O)Nc2ccc(C(=O)N3CCc4c(sc(NC(=O)c5c(F)cccc5F)c4F)-c4ccccc43)cc2)c1. The highest BCUT2D eigenvalue weighted by molar-refractivity contribution is 7.19. The fourth-order valence-corrected chi connectivity index (χ4v) is 8.53. The number of fused-ring (bicyclic) bond motifs is 3. The summed E-state index contributed by atoms with van der Waals surface area (Å²) in [6, 6.07) is 18.6. The van der Waals surface area contributed by atoms with Crippen molar-refractivity contribution in [3.8, 4) is 10.4 Å². The number of ether oxygens (including phenoxy) is 1. The van der Waals surface area contributed by atoms with Crippen LogP contribution < -0.4 is 20.4 Å². The zero-order chi connectivity index (χ0) is 36.9. The molecule has 13 heteroatoms. The van der Waals surface area contributed by atoms with Crippen molar-refractivity contribution in [2.45, 2.75) is 26.2 Å². The largest absolute Gasteiger partial charge is 0.381 e. The number of benzene rings is 3. The van der Waals surface area contributed by atoms with E-state index in [4.69, 9.17) is 4.74 Å². The predicted molar refractivity (Wildman–Crippen MR) is 197 cm³/mol. The standard InChI is InChI=1S/C40H34F3N5O4S/c1-23-19-28(35(44-20-23)47-21-40(22-47)14-17-52-18-15-40)36(49)45-25-11-9-24(10-12-25)39(51)48-16-13-27-33(43)38(53-34(27)26-5-2-3-8-31(26)48)46-37(50)32-29(41)6-4-7-30(32)42/h2-12,19-20H,13-18,21-22H2,1H3,(H,45,49)(H,46,50). The number of anilines is 4. The molecule has 0 radical (unpaired) electrons. The number of rotatable bonds is 6. The van der Waals surface area contributed by atoms with E-state index in [-0.39, 0.29) is 40.8 Å². The number of amides is 3. The molecule has 2 saturated heterocycles. The van der Waals surface area contributed by atoms with E-state index in [1.165, 1.54) is 0 Å². The second-order valence-corrected chi connectivity index (χ2v) is 14.7. The molecule has 53 heavy (non-hydrogen) atoms. The molecule has 5 heterocycles. The Morgan fingerprint density at radius 3 is 2.34 bits per heavy atom. The van der Waals surface area contributed by atoms with Crippen molar-refractivity contribution in [2.24, 2.45) is 5.41 Å². The van der Waals surface area contributed by atoms with Gasteiger partial charge in [-0.3, -0.25) is 14.4 Å². The van der Waals surface area contributed by atoms with E-state index in [0.717, 1.165) is 74.2 Å². The molecule has 2 aromatic heterocycles.